The van der Waals surface area contributed by atoms with E-state index in [9.17, 15) is 0 Å². The minimum Gasteiger partial charge on any atom is -0.372 e. The summed E-state index contributed by atoms with van der Waals surface area (Å²) in [6.07, 6.45) is 4.12. The highest BCUT2D eigenvalue weighted by molar-refractivity contribution is 8.09. The van der Waals surface area contributed by atoms with Gasteiger partial charge in [0.25, 0.3) is 0 Å². The van der Waals surface area contributed by atoms with E-state index in [-0.39, 0.29) is 0 Å². The Morgan fingerprint density at radius 2 is 1.53 bits per heavy atom. The molecular weight excluding hydrogens is 262 g/mol. The van der Waals surface area contributed by atoms with Gasteiger partial charge in [-0.15, -0.1) is 0 Å². The van der Waals surface area contributed by atoms with Crippen molar-refractivity contribution in [2.45, 2.75) is 19.3 Å². The minimum absolute atomic E-state index is 1.24. The van der Waals surface area contributed by atoms with E-state index in [0.29, 0.717) is 0 Å². The Morgan fingerprint density at radius 1 is 1.06 bits per heavy atom. The first-order chi connectivity index (χ1) is 7.97. The molecular formula is C11H16ClNO3S. The summed E-state index contributed by atoms with van der Waals surface area (Å²) in [5.74, 6) is 0. The Kier molecular flexibility index (Phi) is 5.74. The first kappa shape index (κ1) is 14.3. The van der Waals surface area contributed by atoms with Gasteiger partial charge in [-0.25, -0.2) is 0 Å². The molecule has 1 N–H and O–H groups in total. The minimum atomic E-state index is -4.19. The van der Waals surface area contributed by atoms with E-state index in [1.54, 1.807) is 0 Å². The summed E-state index contributed by atoms with van der Waals surface area (Å²) in [6.45, 7) is 2.48. The molecule has 17 heavy (non-hydrogen) atoms. The molecule has 0 bridgehead atoms. The topological polar surface area (TPSA) is 57.6 Å². The largest absolute Gasteiger partial charge is 0.372 e. The van der Waals surface area contributed by atoms with E-state index in [0.717, 1.165) is 0 Å². The Hall–Kier alpha value is -0.780. The van der Waals surface area contributed by atoms with Crippen molar-refractivity contribution in [3.05, 3.63) is 30.3 Å². The van der Waals surface area contributed by atoms with Crippen molar-refractivity contribution in [1.29, 1.82) is 0 Å². The smallest absolute Gasteiger partial charge is 0.353 e. The third kappa shape index (κ3) is 7.20. The van der Waals surface area contributed by atoms with E-state index >= 15 is 0 Å². The number of nitrogens with zero attached hydrogens (tertiary/aromatic N) is 1. The average molecular weight is 278 g/mol. The summed E-state index contributed by atoms with van der Waals surface area (Å²) >= 11 is 0. The Balaban J connectivity index is 0.000000249. The predicted octanol–water partition coefficient (Wildman–Crippen LogP) is 2.70. The number of anilines is 1. The van der Waals surface area contributed by atoms with Crippen molar-refractivity contribution >= 4 is 25.7 Å². The second-order valence-corrected chi connectivity index (χ2v) is 5.79. The summed E-state index contributed by atoms with van der Waals surface area (Å²) in [4.78, 5) is 2.48. The quantitative estimate of drug-likeness (QED) is 0.633. The molecule has 0 saturated carbocycles. The monoisotopic (exact) mass is 277 g/mol. The molecule has 1 fully saturated rings. The lowest BCUT2D eigenvalue weighted by Crippen LogP contribution is -2.29. The lowest BCUT2D eigenvalue weighted by molar-refractivity contribution is 0.501. The van der Waals surface area contributed by atoms with Gasteiger partial charge in [0.05, 0.1) is 0 Å². The van der Waals surface area contributed by atoms with Crippen molar-refractivity contribution in [1.82, 2.24) is 0 Å². The SMILES string of the molecule is O=S(=O)(O)Cl.c1ccc(N2CCCCC2)cc1. The maximum atomic E-state index is 8.95. The lowest BCUT2D eigenvalue weighted by atomic mass is 10.1. The second-order valence-electron chi connectivity index (χ2n) is 3.80. The van der Waals surface area contributed by atoms with Gasteiger partial charge in [-0.1, -0.05) is 18.2 Å². The van der Waals surface area contributed by atoms with E-state index in [1.807, 2.05) is 0 Å². The Bertz CT molecular complexity index is 408. The van der Waals surface area contributed by atoms with Crippen LogP contribution in [0.2, 0.25) is 0 Å². The van der Waals surface area contributed by atoms with Crippen LogP contribution < -0.4 is 4.90 Å². The zero-order valence-electron chi connectivity index (χ0n) is 9.42. The van der Waals surface area contributed by atoms with Crippen LogP contribution in [0.4, 0.5) is 5.69 Å². The molecule has 2 rings (SSSR count). The molecule has 0 spiro atoms. The van der Waals surface area contributed by atoms with E-state index in [1.165, 1.54) is 38.0 Å². The van der Waals surface area contributed by atoms with Crippen LogP contribution in [-0.4, -0.2) is 26.1 Å². The van der Waals surface area contributed by atoms with E-state index in [4.69, 9.17) is 13.0 Å². The number of piperidine rings is 1. The molecule has 0 aliphatic carbocycles. The number of para-hydroxylation sites is 1. The molecule has 0 unspecified atom stereocenters. The van der Waals surface area contributed by atoms with Gasteiger partial charge in [-0.2, -0.15) is 8.42 Å². The highest BCUT2D eigenvalue weighted by Gasteiger charge is 2.09. The van der Waals surface area contributed by atoms with Crippen molar-refractivity contribution in [3.8, 4) is 0 Å². The molecule has 0 atom stereocenters. The molecule has 0 aromatic heterocycles. The summed E-state index contributed by atoms with van der Waals surface area (Å²) < 4.78 is 25.2. The van der Waals surface area contributed by atoms with Gasteiger partial charge in [-0.3, -0.25) is 4.55 Å². The standard InChI is InChI=1S/C11H15N.ClHO3S/c1-3-7-11(8-4-1)12-9-5-2-6-10-12;1-5(2,3)4/h1,3-4,7-8H,2,5-6,9-10H2;(H,2,3,4). The molecule has 6 heteroatoms. The molecule has 1 saturated heterocycles. The number of hydrogen-bond acceptors (Lipinski definition) is 3. The van der Waals surface area contributed by atoms with Gasteiger partial charge in [-0.05, 0) is 31.4 Å². The fraction of sp³-hybridized carbons (Fsp3) is 0.455. The summed E-state index contributed by atoms with van der Waals surface area (Å²) in [5, 5.41) is 0. The third-order valence-electron chi connectivity index (χ3n) is 2.48. The van der Waals surface area contributed by atoms with Crippen LogP contribution in [0.15, 0.2) is 30.3 Å². The molecule has 1 aromatic carbocycles. The highest BCUT2D eigenvalue weighted by atomic mass is 35.7. The third-order valence-corrected chi connectivity index (χ3v) is 2.48. The molecule has 0 amide bonds. The number of benzene rings is 1. The van der Waals surface area contributed by atoms with Gasteiger partial charge >= 0.3 is 9.33 Å². The predicted molar refractivity (Wildman–Crippen MR) is 69.9 cm³/mol. The van der Waals surface area contributed by atoms with Crippen molar-refractivity contribution in [3.63, 3.8) is 0 Å². The number of hydrogen-bond donors (Lipinski definition) is 1. The van der Waals surface area contributed by atoms with E-state index in [2.05, 4.69) is 45.9 Å². The van der Waals surface area contributed by atoms with Crippen LogP contribution in [-0.2, 0) is 9.33 Å². The van der Waals surface area contributed by atoms with Gasteiger partial charge in [0.1, 0.15) is 0 Å². The summed E-state index contributed by atoms with van der Waals surface area (Å²) in [5.41, 5.74) is 1.39. The van der Waals surface area contributed by atoms with Crippen LogP contribution in [0, 0.1) is 0 Å². The summed E-state index contributed by atoms with van der Waals surface area (Å²) in [6, 6.07) is 10.7. The Labute approximate surface area is 106 Å². The fourth-order valence-electron chi connectivity index (χ4n) is 1.79. The number of rotatable bonds is 1. The van der Waals surface area contributed by atoms with Gasteiger partial charge < -0.3 is 4.90 Å². The molecule has 1 aromatic rings. The highest BCUT2D eigenvalue weighted by Crippen LogP contribution is 2.18. The molecule has 1 aliphatic heterocycles. The van der Waals surface area contributed by atoms with Crippen molar-refractivity contribution in [2.75, 3.05) is 18.0 Å². The van der Waals surface area contributed by atoms with Crippen LogP contribution in [0.1, 0.15) is 19.3 Å². The lowest BCUT2D eigenvalue weighted by Gasteiger charge is -2.28. The van der Waals surface area contributed by atoms with Crippen LogP contribution in [0.25, 0.3) is 0 Å². The average Bonchev–Trinajstić information content (AvgIpc) is 2.29. The van der Waals surface area contributed by atoms with Crippen molar-refractivity contribution in [2.24, 2.45) is 0 Å². The first-order valence-corrected chi connectivity index (χ1v) is 7.70. The fourth-order valence-corrected chi connectivity index (χ4v) is 1.79. The van der Waals surface area contributed by atoms with Gasteiger partial charge in [0.15, 0.2) is 0 Å². The zero-order valence-corrected chi connectivity index (χ0v) is 11.0. The maximum absolute atomic E-state index is 8.95. The van der Waals surface area contributed by atoms with Crippen molar-refractivity contribution < 1.29 is 13.0 Å². The normalized spacial score (nSPS) is 16.0. The molecule has 1 aliphatic rings. The molecule has 4 nitrogen and oxygen atoms in total. The zero-order chi connectivity index (χ0) is 12.7. The second kappa shape index (κ2) is 6.83. The molecule has 96 valence electrons. The maximum Gasteiger partial charge on any atom is 0.353 e. The van der Waals surface area contributed by atoms with E-state index < -0.39 is 9.33 Å². The van der Waals surface area contributed by atoms with Gasteiger partial charge in [0.2, 0.25) is 0 Å². The Morgan fingerprint density at radius 3 is 2.00 bits per heavy atom. The summed E-state index contributed by atoms with van der Waals surface area (Å²) in [7, 11) is -0.137. The number of halogens is 1. The van der Waals surface area contributed by atoms with Crippen LogP contribution >= 0.6 is 10.7 Å². The van der Waals surface area contributed by atoms with Crippen LogP contribution in [0.5, 0.6) is 0 Å². The van der Waals surface area contributed by atoms with Crippen LogP contribution in [0.3, 0.4) is 0 Å². The molecule has 1 heterocycles. The molecule has 0 radical (unpaired) electrons. The first-order valence-electron chi connectivity index (χ1n) is 5.44. The van der Waals surface area contributed by atoms with Gasteiger partial charge in [0, 0.05) is 29.5 Å².